The molecule has 0 aliphatic rings. The van der Waals surface area contributed by atoms with Gasteiger partial charge in [0.2, 0.25) is 0 Å². The summed E-state index contributed by atoms with van der Waals surface area (Å²) in [7, 11) is 1.78. The molecule has 0 saturated carbocycles. The summed E-state index contributed by atoms with van der Waals surface area (Å²) in [5.41, 5.74) is 1.14. The van der Waals surface area contributed by atoms with Crippen molar-refractivity contribution < 1.29 is 5.11 Å². The average molecular weight is 419 g/mol. The van der Waals surface area contributed by atoms with Crippen LogP contribution in [0.25, 0.3) is 0 Å². The molecule has 1 aromatic carbocycles. The average Bonchev–Trinajstić information content (AvgIpc) is 2.54. The highest BCUT2D eigenvalue weighted by Crippen LogP contribution is 2.13. The van der Waals surface area contributed by atoms with Gasteiger partial charge in [-0.05, 0) is 12.0 Å². The van der Waals surface area contributed by atoms with Crippen LogP contribution in [0.3, 0.4) is 0 Å². The van der Waals surface area contributed by atoms with E-state index in [2.05, 4.69) is 22.5 Å². The highest BCUT2D eigenvalue weighted by molar-refractivity contribution is 14.0. The standard InChI is InChI=1S/C17H29N3O.HI/c1-3-4-5-9-12-19-17(18-2)20-13-16(14-21)15-10-7-6-8-11-15;/h6-8,10-11,16,21H,3-5,9,12-14H2,1-2H3,(H2,18,19,20);1H. The smallest absolute Gasteiger partial charge is 0.190 e. The van der Waals surface area contributed by atoms with Crippen molar-refractivity contribution in [2.24, 2.45) is 4.99 Å². The molecule has 0 bridgehead atoms. The number of guanidine groups is 1. The van der Waals surface area contributed by atoms with Crippen LogP contribution in [-0.4, -0.2) is 37.8 Å². The first kappa shape index (κ1) is 21.2. The Balaban J connectivity index is 0.00000441. The molecule has 1 unspecified atom stereocenters. The largest absolute Gasteiger partial charge is 0.396 e. The zero-order chi connectivity index (χ0) is 15.3. The van der Waals surface area contributed by atoms with Crippen LogP contribution in [0.4, 0.5) is 0 Å². The third-order valence-electron chi connectivity index (χ3n) is 3.55. The molecule has 4 nitrogen and oxygen atoms in total. The molecule has 0 aliphatic carbocycles. The first-order valence-corrected chi connectivity index (χ1v) is 7.92. The highest BCUT2D eigenvalue weighted by Gasteiger charge is 2.10. The second kappa shape index (κ2) is 13.8. The number of aliphatic hydroxyl groups is 1. The summed E-state index contributed by atoms with van der Waals surface area (Å²) in [6, 6.07) is 10.1. The molecule has 1 aromatic rings. The third-order valence-corrected chi connectivity index (χ3v) is 3.55. The summed E-state index contributed by atoms with van der Waals surface area (Å²) >= 11 is 0. The number of hydrogen-bond donors (Lipinski definition) is 3. The third kappa shape index (κ3) is 8.58. The van der Waals surface area contributed by atoms with Crippen molar-refractivity contribution in [3.8, 4) is 0 Å². The van der Waals surface area contributed by atoms with Gasteiger partial charge in [0.15, 0.2) is 5.96 Å². The molecule has 0 aromatic heterocycles. The molecule has 126 valence electrons. The lowest BCUT2D eigenvalue weighted by Gasteiger charge is -2.18. The minimum Gasteiger partial charge on any atom is -0.396 e. The van der Waals surface area contributed by atoms with E-state index in [1.54, 1.807) is 7.05 Å². The molecule has 0 amide bonds. The summed E-state index contributed by atoms with van der Waals surface area (Å²) in [5, 5.41) is 16.1. The van der Waals surface area contributed by atoms with Gasteiger partial charge in [0.25, 0.3) is 0 Å². The lowest BCUT2D eigenvalue weighted by atomic mass is 10.0. The first-order valence-electron chi connectivity index (χ1n) is 7.92. The van der Waals surface area contributed by atoms with Gasteiger partial charge in [-0.3, -0.25) is 4.99 Å². The number of nitrogens with zero attached hydrogens (tertiary/aromatic N) is 1. The molecule has 0 saturated heterocycles. The van der Waals surface area contributed by atoms with Crippen LogP contribution < -0.4 is 10.6 Å². The quantitative estimate of drug-likeness (QED) is 0.250. The predicted octanol–water partition coefficient (Wildman–Crippen LogP) is 3.13. The zero-order valence-corrected chi connectivity index (χ0v) is 16.0. The topological polar surface area (TPSA) is 56.7 Å². The molecule has 0 heterocycles. The Morgan fingerprint density at radius 1 is 1.14 bits per heavy atom. The molecule has 0 fully saturated rings. The van der Waals surface area contributed by atoms with Crippen molar-refractivity contribution in [2.45, 2.75) is 38.5 Å². The fourth-order valence-electron chi connectivity index (χ4n) is 2.21. The monoisotopic (exact) mass is 419 g/mol. The predicted molar refractivity (Wildman–Crippen MR) is 105 cm³/mol. The van der Waals surface area contributed by atoms with Crippen molar-refractivity contribution in [2.75, 3.05) is 26.7 Å². The van der Waals surface area contributed by atoms with Crippen LogP contribution in [0.5, 0.6) is 0 Å². The number of hydrogen-bond acceptors (Lipinski definition) is 2. The number of nitrogens with one attached hydrogen (secondary N) is 2. The Bertz CT molecular complexity index is 398. The molecule has 0 spiro atoms. The van der Waals surface area contributed by atoms with Gasteiger partial charge in [-0.15, -0.1) is 24.0 Å². The molecule has 0 aliphatic heterocycles. The van der Waals surface area contributed by atoms with E-state index >= 15 is 0 Å². The van der Waals surface area contributed by atoms with Gasteiger partial charge < -0.3 is 15.7 Å². The molecule has 22 heavy (non-hydrogen) atoms. The van der Waals surface area contributed by atoms with E-state index < -0.39 is 0 Å². The molecule has 1 atom stereocenters. The van der Waals surface area contributed by atoms with E-state index in [1.165, 1.54) is 19.3 Å². The van der Waals surface area contributed by atoms with Gasteiger partial charge in [-0.25, -0.2) is 0 Å². The lowest BCUT2D eigenvalue weighted by Crippen LogP contribution is -2.40. The maximum atomic E-state index is 9.54. The summed E-state index contributed by atoms with van der Waals surface area (Å²) in [6.07, 6.45) is 4.96. The van der Waals surface area contributed by atoms with Crippen molar-refractivity contribution in [3.05, 3.63) is 35.9 Å². The van der Waals surface area contributed by atoms with Crippen molar-refractivity contribution in [1.82, 2.24) is 10.6 Å². The van der Waals surface area contributed by atoms with Gasteiger partial charge in [0, 0.05) is 26.1 Å². The van der Waals surface area contributed by atoms with Crippen LogP contribution in [0.15, 0.2) is 35.3 Å². The van der Waals surface area contributed by atoms with Crippen LogP contribution in [0.1, 0.15) is 44.1 Å². The number of aliphatic imine (C=N–C) groups is 1. The molecule has 3 N–H and O–H groups in total. The van der Waals surface area contributed by atoms with E-state index in [4.69, 9.17) is 0 Å². The van der Waals surface area contributed by atoms with Crippen molar-refractivity contribution >= 4 is 29.9 Å². The molecule has 1 rings (SSSR count). The zero-order valence-electron chi connectivity index (χ0n) is 13.7. The second-order valence-electron chi connectivity index (χ2n) is 5.23. The fraction of sp³-hybridized carbons (Fsp3) is 0.588. The SMILES string of the molecule is CCCCCCNC(=NC)NCC(CO)c1ccccc1.I. The Labute approximate surface area is 151 Å². The maximum Gasteiger partial charge on any atom is 0.190 e. The number of unbranched alkanes of at least 4 members (excludes halogenated alkanes) is 3. The van der Waals surface area contributed by atoms with Crippen molar-refractivity contribution in [3.63, 3.8) is 0 Å². The molecular weight excluding hydrogens is 389 g/mol. The Morgan fingerprint density at radius 2 is 1.86 bits per heavy atom. The second-order valence-corrected chi connectivity index (χ2v) is 5.23. The van der Waals surface area contributed by atoms with E-state index in [0.29, 0.717) is 6.54 Å². The van der Waals surface area contributed by atoms with E-state index in [-0.39, 0.29) is 36.5 Å². The first-order chi connectivity index (χ1) is 10.3. The highest BCUT2D eigenvalue weighted by atomic mass is 127. The van der Waals surface area contributed by atoms with E-state index in [1.807, 2.05) is 30.3 Å². The Morgan fingerprint density at radius 3 is 2.45 bits per heavy atom. The summed E-state index contributed by atoms with van der Waals surface area (Å²) < 4.78 is 0. The van der Waals surface area contributed by atoms with Crippen LogP contribution in [0, 0.1) is 0 Å². The van der Waals surface area contributed by atoms with Gasteiger partial charge in [0.05, 0.1) is 6.61 Å². The van der Waals surface area contributed by atoms with Crippen LogP contribution >= 0.6 is 24.0 Å². The fourth-order valence-corrected chi connectivity index (χ4v) is 2.21. The van der Waals surface area contributed by atoms with E-state index in [0.717, 1.165) is 24.5 Å². The van der Waals surface area contributed by atoms with Crippen LogP contribution in [-0.2, 0) is 0 Å². The Kier molecular flexibility index (Phi) is 13.3. The number of halogens is 1. The molecule has 0 radical (unpaired) electrons. The maximum absolute atomic E-state index is 9.54. The van der Waals surface area contributed by atoms with Crippen molar-refractivity contribution in [1.29, 1.82) is 0 Å². The summed E-state index contributed by atoms with van der Waals surface area (Å²) in [4.78, 5) is 4.22. The number of aliphatic hydroxyl groups excluding tert-OH is 1. The minimum absolute atomic E-state index is 0. The minimum atomic E-state index is 0. The number of rotatable bonds is 9. The number of benzene rings is 1. The van der Waals surface area contributed by atoms with Gasteiger partial charge in [-0.2, -0.15) is 0 Å². The van der Waals surface area contributed by atoms with Gasteiger partial charge in [0.1, 0.15) is 0 Å². The summed E-state index contributed by atoms with van der Waals surface area (Å²) in [5.74, 6) is 0.894. The molecular formula is C17H30IN3O. The Hall–Kier alpha value is -0.820. The normalized spacial score (nSPS) is 12.4. The van der Waals surface area contributed by atoms with Crippen LogP contribution in [0.2, 0.25) is 0 Å². The summed E-state index contributed by atoms with van der Waals surface area (Å²) in [6.45, 7) is 3.96. The van der Waals surface area contributed by atoms with Gasteiger partial charge in [-0.1, -0.05) is 56.5 Å². The van der Waals surface area contributed by atoms with Gasteiger partial charge >= 0.3 is 0 Å². The van der Waals surface area contributed by atoms with E-state index in [9.17, 15) is 5.11 Å². The lowest BCUT2D eigenvalue weighted by molar-refractivity contribution is 0.265. The molecule has 5 heteroatoms.